The lowest BCUT2D eigenvalue weighted by atomic mass is 10.2. The average molecular weight is 330 g/mol. The number of rotatable bonds is 6. The Morgan fingerprint density at radius 3 is 2.50 bits per heavy atom. The molecule has 0 spiro atoms. The van der Waals surface area contributed by atoms with Crippen molar-refractivity contribution in [2.24, 2.45) is 0 Å². The maximum Gasteiger partial charge on any atom is 0.320 e. The first-order valence-electron chi connectivity index (χ1n) is 7.54. The second kappa shape index (κ2) is 8.05. The molecule has 24 heavy (non-hydrogen) atoms. The summed E-state index contributed by atoms with van der Waals surface area (Å²) in [6, 6.07) is 8.81. The molecule has 7 heteroatoms. The van der Waals surface area contributed by atoms with Crippen LogP contribution in [-0.4, -0.2) is 31.3 Å². The molecule has 1 aromatic heterocycles. The number of carbonyl (C=O) groups is 1. The minimum atomic E-state index is -0.282. The van der Waals surface area contributed by atoms with Gasteiger partial charge >= 0.3 is 6.03 Å². The van der Waals surface area contributed by atoms with E-state index in [-0.39, 0.29) is 12.1 Å². The van der Waals surface area contributed by atoms with Crippen LogP contribution in [0.15, 0.2) is 36.5 Å². The van der Waals surface area contributed by atoms with Crippen LogP contribution in [0, 0.1) is 0 Å². The van der Waals surface area contributed by atoms with Crippen molar-refractivity contribution >= 4 is 23.2 Å². The van der Waals surface area contributed by atoms with Gasteiger partial charge in [-0.2, -0.15) is 0 Å². The molecule has 1 heterocycles. The number of pyridine rings is 1. The largest absolute Gasteiger partial charge is 0.497 e. The van der Waals surface area contributed by atoms with E-state index in [9.17, 15) is 4.79 Å². The standard InChI is InChI=1S/C17H22N4O3/c1-11(2)19-17(22)21-16-8-5-12(10-18-16)20-14-7-6-13(23-3)9-15(14)24-4/h5-11,20H,1-4H3,(H2,18,19,21,22). The van der Waals surface area contributed by atoms with E-state index in [1.807, 2.05) is 32.0 Å². The van der Waals surface area contributed by atoms with Gasteiger partial charge in [0.25, 0.3) is 0 Å². The van der Waals surface area contributed by atoms with Gasteiger partial charge in [0.1, 0.15) is 17.3 Å². The fraction of sp³-hybridized carbons (Fsp3) is 0.294. The van der Waals surface area contributed by atoms with E-state index in [1.165, 1.54) is 0 Å². The van der Waals surface area contributed by atoms with Crippen molar-refractivity contribution in [2.45, 2.75) is 19.9 Å². The molecule has 0 aliphatic rings. The molecule has 1 aromatic carbocycles. The Bertz CT molecular complexity index is 687. The second-order valence-corrected chi connectivity index (χ2v) is 5.38. The fourth-order valence-corrected chi connectivity index (χ4v) is 2.01. The average Bonchev–Trinajstić information content (AvgIpc) is 2.56. The molecular weight excluding hydrogens is 308 g/mol. The molecule has 0 saturated carbocycles. The molecule has 7 nitrogen and oxygen atoms in total. The maximum absolute atomic E-state index is 11.6. The number of nitrogens with zero attached hydrogens (tertiary/aromatic N) is 1. The van der Waals surface area contributed by atoms with Crippen molar-refractivity contribution in [3.8, 4) is 11.5 Å². The van der Waals surface area contributed by atoms with Crippen LogP contribution in [0.2, 0.25) is 0 Å². The minimum Gasteiger partial charge on any atom is -0.497 e. The van der Waals surface area contributed by atoms with Gasteiger partial charge in [0, 0.05) is 12.1 Å². The third kappa shape index (κ3) is 4.77. The van der Waals surface area contributed by atoms with Gasteiger partial charge in [-0.25, -0.2) is 9.78 Å². The van der Waals surface area contributed by atoms with Crippen molar-refractivity contribution in [1.82, 2.24) is 10.3 Å². The number of nitrogens with one attached hydrogen (secondary N) is 3. The molecule has 2 rings (SSSR count). The maximum atomic E-state index is 11.6. The highest BCUT2D eigenvalue weighted by molar-refractivity contribution is 5.88. The first-order valence-corrected chi connectivity index (χ1v) is 7.54. The molecule has 3 N–H and O–H groups in total. The molecule has 0 unspecified atom stereocenters. The molecule has 0 aliphatic heterocycles. The smallest absolute Gasteiger partial charge is 0.320 e. The lowest BCUT2D eigenvalue weighted by molar-refractivity contribution is 0.250. The number of methoxy groups -OCH3 is 2. The Hall–Kier alpha value is -2.96. The van der Waals surface area contributed by atoms with Crippen molar-refractivity contribution in [3.63, 3.8) is 0 Å². The minimum absolute atomic E-state index is 0.0634. The Balaban J connectivity index is 2.05. The summed E-state index contributed by atoms with van der Waals surface area (Å²) in [6.07, 6.45) is 1.63. The third-order valence-corrected chi connectivity index (χ3v) is 3.11. The Morgan fingerprint density at radius 1 is 1.12 bits per heavy atom. The van der Waals surface area contributed by atoms with Gasteiger partial charge in [0.15, 0.2) is 0 Å². The quantitative estimate of drug-likeness (QED) is 0.756. The molecule has 0 fully saturated rings. The summed E-state index contributed by atoms with van der Waals surface area (Å²) in [4.78, 5) is 15.8. The summed E-state index contributed by atoms with van der Waals surface area (Å²) < 4.78 is 10.5. The van der Waals surface area contributed by atoms with Crippen LogP contribution in [0.5, 0.6) is 11.5 Å². The van der Waals surface area contributed by atoms with Crippen LogP contribution in [0.25, 0.3) is 0 Å². The summed E-state index contributed by atoms with van der Waals surface area (Å²) >= 11 is 0. The normalized spacial score (nSPS) is 10.2. The van der Waals surface area contributed by atoms with Gasteiger partial charge in [-0.1, -0.05) is 0 Å². The fourth-order valence-electron chi connectivity index (χ4n) is 2.01. The van der Waals surface area contributed by atoms with Crippen LogP contribution >= 0.6 is 0 Å². The predicted octanol–water partition coefficient (Wildman–Crippen LogP) is 3.37. The van der Waals surface area contributed by atoms with Crippen LogP contribution < -0.4 is 25.4 Å². The zero-order valence-electron chi connectivity index (χ0n) is 14.2. The lowest BCUT2D eigenvalue weighted by Gasteiger charge is -2.13. The summed E-state index contributed by atoms with van der Waals surface area (Å²) in [6.45, 7) is 3.78. The number of carbonyl (C=O) groups excluding carboxylic acids is 1. The van der Waals surface area contributed by atoms with Crippen molar-refractivity contribution in [1.29, 1.82) is 0 Å². The first-order chi connectivity index (χ1) is 11.5. The molecular formula is C17H22N4O3. The van der Waals surface area contributed by atoms with Gasteiger partial charge in [-0.15, -0.1) is 0 Å². The van der Waals surface area contributed by atoms with Crippen molar-refractivity contribution in [3.05, 3.63) is 36.5 Å². The van der Waals surface area contributed by atoms with E-state index in [4.69, 9.17) is 9.47 Å². The topological polar surface area (TPSA) is 84.5 Å². The van der Waals surface area contributed by atoms with Crippen LogP contribution in [-0.2, 0) is 0 Å². The van der Waals surface area contributed by atoms with Crippen LogP contribution in [0.3, 0.4) is 0 Å². The van der Waals surface area contributed by atoms with Crippen LogP contribution in [0.1, 0.15) is 13.8 Å². The highest BCUT2D eigenvalue weighted by atomic mass is 16.5. The zero-order chi connectivity index (χ0) is 17.5. The van der Waals surface area contributed by atoms with Crippen molar-refractivity contribution < 1.29 is 14.3 Å². The lowest BCUT2D eigenvalue weighted by Crippen LogP contribution is -2.34. The van der Waals surface area contributed by atoms with Gasteiger partial charge < -0.3 is 20.1 Å². The van der Waals surface area contributed by atoms with E-state index >= 15 is 0 Å². The molecule has 128 valence electrons. The second-order valence-electron chi connectivity index (χ2n) is 5.38. The molecule has 2 aromatic rings. The number of benzene rings is 1. The van der Waals surface area contributed by atoms with E-state index in [1.54, 1.807) is 32.5 Å². The molecule has 0 bridgehead atoms. The van der Waals surface area contributed by atoms with Crippen LogP contribution in [0.4, 0.5) is 22.0 Å². The van der Waals surface area contributed by atoms with E-state index < -0.39 is 0 Å². The summed E-state index contributed by atoms with van der Waals surface area (Å²) in [5.41, 5.74) is 1.56. The number of hydrogen-bond acceptors (Lipinski definition) is 5. The van der Waals surface area contributed by atoms with E-state index in [0.717, 1.165) is 11.4 Å². The highest BCUT2D eigenvalue weighted by Gasteiger charge is 2.07. The molecule has 0 aliphatic carbocycles. The Kier molecular flexibility index (Phi) is 5.83. The number of anilines is 3. The number of aromatic nitrogens is 1. The third-order valence-electron chi connectivity index (χ3n) is 3.11. The molecule has 0 atom stereocenters. The molecule has 2 amide bonds. The van der Waals surface area contributed by atoms with Gasteiger partial charge in [-0.3, -0.25) is 5.32 Å². The van der Waals surface area contributed by atoms with Crippen molar-refractivity contribution in [2.75, 3.05) is 24.9 Å². The molecule has 0 saturated heterocycles. The summed E-state index contributed by atoms with van der Waals surface area (Å²) in [5, 5.41) is 8.63. The van der Waals surface area contributed by atoms with Gasteiger partial charge in [-0.05, 0) is 38.1 Å². The zero-order valence-corrected chi connectivity index (χ0v) is 14.2. The number of urea groups is 1. The number of amides is 2. The number of ether oxygens (including phenoxy) is 2. The Labute approximate surface area is 141 Å². The monoisotopic (exact) mass is 330 g/mol. The molecule has 0 radical (unpaired) electrons. The Morgan fingerprint density at radius 2 is 1.92 bits per heavy atom. The van der Waals surface area contributed by atoms with Gasteiger partial charge in [0.05, 0.1) is 31.8 Å². The van der Waals surface area contributed by atoms with E-state index in [0.29, 0.717) is 17.3 Å². The number of hydrogen-bond donors (Lipinski definition) is 3. The van der Waals surface area contributed by atoms with Gasteiger partial charge in [0.2, 0.25) is 0 Å². The summed E-state index contributed by atoms with van der Waals surface area (Å²) in [7, 11) is 3.20. The van der Waals surface area contributed by atoms with E-state index in [2.05, 4.69) is 20.9 Å². The highest BCUT2D eigenvalue weighted by Crippen LogP contribution is 2.31. The first kappa shape index (κ1) is 17.4. The summed E-state index contributed by atoms with van der Waals surface area (Å²) in [5.74, 6) is 1.85. The SMILES string of the molecule is COc1ccc(Nc2ccc(NC(=O)NC(C)C)nc2)c(OC)c1. The predicted molar refractivity (Wildman–Crippen MR) is 94.4 cm³/mol.